The molecule has 1 saturated heterocycles. The lowest BCUT2D eigenvalue weighted by molar-refractivity contribution is -0.121. The van der Waals surface area contributed by atoms with E-state index < -0.39 is 5.60 Å². The average molecular weight is 305 g/mol. The summed E-state index contributed by atoms with van der Waals surface area (Å²) in [6.07, 6.45) is 1.25. The van der Waals surface area contributed by atoms with Crippen molar-refractivity contribution in [2.45, 2.75) is 25.0 Å². The SMILES string of the molecule is CNC(=O)CCN(C)CC1(O)CCN(Cc2ccccc2)C1. The molecule has 0 spiro atoms. The van der Waals surface area contributed by atoms with Crippen LogP contribution in [0.15, 0.2) is 30.3 Å². The third kappa shape index (κ3) is 5.09. The number of carbonyl (C=O) groups is 1. The molecule has 1 atom stereocenters. The summed E-state index contributed by atoms with van der Waals surface area (Å²) in [4.78, 5) is 15.6. The summed E-state index contributed by atoms with van der Waals surface area (Å²) >= 11 is 0. The number of β-amino-alcohol motifs (C(OH)–C–C–N with tert-alkyl or cyclic N) is 1. The summed E-state index contributed by atoms with van der Waals surface area (Å²) < 4.78 is 0. The van der Waals surface area contributed by atoms with Crippen molar-refractivity contribution in [1.29, 1.82) is 0 Å². The Hall–Kier alpha value is -1.43. The molecule has 2 rings (SSSR count). The van der Waals surface area contributed by atoms with E-state index >= 15 is 0 Å². The number of hydrogen-bond acceptors (Lipinski definition) is 4. The van der Waals surface area contributed by atoms with E-state index in [2.05, 4.69) is 22.3 Å². The molecule has 1 fully saturated rings. The first kappa shape index (κ1) is 16.9. The summed E-state index contributed by atoms with van der Waals surface area (Å²) in [5, 5.41) is 13.4. The van der Waals surface area contributed by atoms with E-state index in [0.717, 1.165) is 19.5 Å². The lowest BCUT2D eigenvalue weighted by atomic mass is 10.0. The number of benzene rings is 1. The maximum absolute atomic E-state index is 11.3. The van der Waals surface area contributed by atoms with Crippen molar-refractivity contribution in [2.24, 2.45) is 0 Å². The number of nitrogens with zero attached hydrogens (tertiary/aromatic N) is 2. The maximum Gasteiger partial charge on any atom is 0.221 e. The standard InChI is InChI=1S/C17H27N3O2/c1-18-16(21)8-10-19(2)13-17(22)9-11-20(14-17)12-15-6-4-3-5-7-15/h3-7,22H,8-14H2,1-2H3,(H,18,21). The van der Waals surface area contributed by atoms with Crippen molar-refractivity contribution in [3.63, 3.8) is 0 Å². The van der Waals surface area contributed by atoms with E-state index in [1.54, 1.807) is 7.05 Å². The normalized spacial score (nSPS) is 22.2. The number of nitrogens with one attached hydrogen (secondary N) is 1. The van der Waals surface area contributed by atoms with Crippen LogP contribution < -0.4 is 5.32 Å². The van der Waals surface area contributed by atoms with Crippen LogP contribution >= 0.6 is 0 Å². The van der Waals surface area contributed by atoms with E-state index in [4.69, 9.17) is 0 Å². The quantitative estimate of drug-likeness (QED) is 0.778. The number of hydrogen-bond donors (Lipinski definition) is 2. The number of rotatable bonds is 7. The molecule has 1 aliphatic heterocycles. The molecule has 0 bridgehead atoms. The molecular formula is C17H27N3O2. The van der Waals surface area contributed by atoms with Crippen LogP contribution in [0.3, 0.4) is 0 Å². The van der Waals surface area contributed by atoms with E-state index in [1.165, 1.54) is 5.56 Å². The Morgan fingerprint density at radius 1 is 1.41 bits per heavy atom. The summed E-state index contributed by atoms with van der Waals surface area (Å²) in [6, 6.07) is 10.3. The second kappa shape index (κ2) is 7.72. The predicted octanol–water partition coefficient (Wildman–Crippen LogP) is 0.691. The van der Waals surface area contributed by atoms with Crippen LogP contribution in [0.25, 0.3) is 0 Å². The molecule has 0 saturated carbocycles. The smallest absolute Gasteiger partial charge is 0.221 e. The molecule has 0 radical (unpaired) electrons. The number of likely N-dealkylation sites (tertiary alicyclic amines) is 1. The molecule has 0 aliphatic carbocycles. The van der Waals surface area contributed by atoms with Crippen molar-refractivity contribution in [1.82, 2.24) is 15.1 Å². The van der Waals surface area contributed by atoms with Crippen LogP contribution in [0.2, 0.25) is 0 Å². The summed E-state index contributed by atoms with van der Waals surface area (Å²) in [5.74, 6) is 0.0379. The number of amides is 1. The van der Waals surface area contributed by atoms with Crippen molar-refractivity contribution in [2.75, 3.05) is 40.3 Å². The molecule has 5 nitrogen and oxygen atoms in total. The van der Waals surface area contributed by atoms with Gasteiger partial charge in [0.25, 0.3) is 0 Å². The third-order valence-electron chi connectivity index (χ3n) is 4.22. The fourth-order valence-corrected chi connectivity index (χ4v) is 3.05. The number of likely N-dealkylation sites (N-methyl/N-ethyl adjacent to an activating group) is 1. The molecule has 122 valence electrons. The maximum atomic E-state index is 11.3. The Labute approximate surface area is 132 Å². The third-order valence-corrected chi connectivity index (χ3v) is 4.22. The molecule has 2 N–H and O–H groups in total. The highest BCUT2D eigenvalue weighted by Gasteiger charge is 2.36. The van der Waals surface area contributed by atoms with Crippen LogP contribution in [-0.4, -0.2) is 66.7 Å². The minimum absolute atomic E-state index is 0.0379. The molecule has 1 amide bonds. The fourth-order valence-electron chi connectivity index (χ4n) is 3.05. The first-order chi connectivity index (χ1) is 10.5. The van der Waals surface area contributed by atoms with Gasteiger partial charge in [0.05, 0.1) is 5.60 Å². The molecule has 5 heteroatoms. The van der Waals surface area contributed by atoms with E-state index in [0.29, 0.717) is 26.1 Å². The molecular weight excluding hydrogens is 278 g/mol. The highest BCUT2D eigenvalue weighted by molar-refractivity contribution is 5.75. The molecule has 1 aliphatic rings. The monoisotopic (exact) mass is 305 g/mol. The van der Waals surface area contributed by atoms with Gasteiger partial charge in [-0.15, -0.1) is 0 Å². The number of aliphatic hydroxyl groups is 1. The second-order valence-corrected chi connectivity index (χ2v) is 6.33. The first-order valence-electron chi connectivity index (χ1n) is 7.88. The fraction of sp³-hybridized carbons (Fsp3) is 0.588. The summed E-state index contributed by atoms with van der Waals surface area (Å²) in [7, 11) is 3.61. The van der Waals surface area contributed by atoms with Crippen molar-refractivity contribution in [3.8, 4) is 0 Å². The zero-order chi connectivity index (χ0) is 16.0. The Morgan fingerprint density at radius 3 is 2.82 bits per heavy atom. The van der Waals surface area contributed by atoms with Crippen LogP contribution in [-0.2, 0) is 11.3 Å². The Kier molecular flexibility index (Phi) is 5.94. The summed E-state index contributed by atoms with van der Waals surface area (Å²) in [6.45, 7) is 3.75. The lowest BCUT2D eigenvalue weighted by Crippen LogP contribution is -2.44. The second-order valence-electron chi connectivity index (χ2n) is 6.33. The Bertz CT molecular complexity index is 480. The van der Waals surface area contributed by atoms with Gasteiger partial charge in [-0.3, -0.25) is 9.69 Å². The Balaban J connectivity index is 1.78. The van der Waals surface area contributed by atoms with E-state index in [9.17, 15) is 9.90 Å². The minimum Gasteiger partial charge on any atom is -0.387 e. The molecule has 1 aromatic rings. The minimum atomic E-state index is -0.674. The van der Waals surface area contributed by atoms with Crippen LogP contribution in [0.4, 0.5) is 0 Å². The highest BCUT2D eigenvalue weighted by Crippen LogP contribution is 2.23. The van der Waals surface area contributed by atoms with Crippen molar-refractivity contribution in [3.05, 3.63) is 35.9 Å². The zero-order valence-electron chi connectivity index (χ0n) is 13.6. The molecule has 1 heterocycles. The van der Waals surface area contributed by atoms with Gasteiger partial charge in [0.2, 0.25) is 5.91 Å². The first-order valence-corrected chi connectivity index (χ1v) is 7.88. The topological polar surface area (TPSA) is 55.8 Å². The zero-order valence-corrected chi connectivity index (χ0v) is 13.6. The van der Waals surface area contributed by atoms with E-state index in [-0.39, 0.29) is 5.91 Å². The van der Waals surface area contributed by atoms with Gasteiger partial charge in [-0.2, -0.15) is 0 Å². The Morgan fingerprint density at radius 2 is 2.14 bits per heavy atom. The van der Waals surface area contributed by atoms with Crippen molar-refractivity contribution >= 4 is 5.91 Å². The molecule has 1 aromatic carbocycles. The van der Waals surface area contributed by atoms with Gasteiger partial charge < -0.3 is 15.3 Å². The van der Waals surface area contributed by atoms with Crippen LogP contribution in [0, 0.1) is 0 Å². The van der Waals surface area contributed by atoms with Gasteiger partial charge >= 0.3 is 0 Å². The van der Waals surface area contributed by atoms with Gasteiger partial charge in [0.15, 0.2) is 0 Å². The lowest BCUT2D eigenvalue weighted by Gasteiger charge is -2.29. The molecule has 1 unspecified atom stereocenters. The largest absolute Gasteiger partial charge is 0.387 e. The predicted molar refractivity (Wildman–Crippen MR) is 87.5 cm³/mol. The van der Waals surface area contributed by atoms with Gasteiger partial charge in [0, 0.05) is 46.2 Å². The van der Waals surface area contributed by atoms with Gasteiger partial charge in [0.1, 0.15) is 0 Å². The van der Waals surface area contributed by atoms with Gasteiger partial charge in [-0.1, -0.05) is 30.3 Å². The number of carbonyl (C=O) groups excluding carboxylic acids is 1. The van der Waals surface area contributed by atoms with E-state index in [1.807, 2.05) is 30.1 Å². The molecule has 22 heavy (non-hydrogen) atoms. The molecule has 0 aromatic heterocycles. The van der Waals surface area contributed by atoms with Gasteiger partial charge in [-0.25, -0.2) is 0 Å². The van der Waals surface area contributed by atoms with Crippen LogP contribution in [0.5, 0.6) is 0 Å². The summed E-state index contributed by atoms with van der Waals surface area (Å²) in [5.41, 5.74) is 0.603. The van der Waals surface area contributed by atoms with Crippen molar-refractivity contribution < 1.29 is 9.90 Å². The van der Waals surface area contributed by atoms with Gasteiger partial charge in [-0.05, 0) is 19.0 Å². The highest BCUT2D eigenvalue weighted by atomic mass is 16.3. The van der Waals surface area contributed by atoms with Crippen LogP contribution in [0.1, 0.15) is 18.4 Å². The average Bonchev–Trinajstić information content (AvgIpc) is 2.86.